The summed E-state index contributed by atoms with van der Waals surface area (Å²) in [6, 6.07) is 7.84. The summed E-state index contributed by atoms with van der Waals surface area (Å²) in [6.07, 6.45) is 2.56. The minimum atomic E-state index is 0.418. The molecular formula is C12H14BrClO. The minimum absolute atomic E-state index is 0.418. The molecule has 1 aliphatic rings. The molecule has 0 N–H and O–H groups in total. The predicted molar refractivity (Wildman–Crippen MR) is 66.6 cm³/mol. The number of ether oxygens (including phenoxy) is 1. The first kappa shape index (κ1) is 11.4. The van der Waals surface area contributed by atoms with Gasteiger partial charge in [-0.3, -0.25) is 0 Å². The molecule has 1 aromatic carbocycles. The fourth-order valence-electron chi connectivity index (χ4n) is 1.49. The quantitative estimate of drug-likeness (QED) is 0.744. The molecule has 1 nitrogen and oxygen atoms in total. The summed E-state index contributed by atoms with van der Waals surface area (Å²) in [7, 11) is 0. The zero-order valence-corrected chi connectivity index (χ0v) is 10.9. The maximum Gasteiger partial charge on any atom is 0.0731 e. The van der Waals surface area contributed by atoms with Gasteiger partial charge >= 0.3 is 0 Å². The van der Waals surface area contributed by atoms with E-state index in [0.29, 0.717) is 12.0 Å². The molecule has 82 valence electrons. The molecule has 1 aromatic rings. The fraction of sp³-hybridized carbons (Fsp3) is 0.500. The SMILES string of the molecule is Clc1ccccc1COCC1(CBr)CC1. The second-order valence-corrected chi connectivity index (χ2v) is 5.19. The number of rotatable bonds is 5. The van der Waals surface area contributed by atoms with Gasteiger partial charge in [-0.2, -0.15) is 0 Å². The van der Waals surface area contributed by atoms with E-state index in [1.165, 1.54) is 12.8 Å². The largest absolute Gasteiger partial charge is 0.376 e. The van der Waals surface area contributed by atoms with E-state index in [1.807, 2.05) is 24.3 Å². The summed E-state index contributed by atoms with van der Waals surface area (Å²) in [4.78, 5) is 0. The number of hydrogen-bond donors (Lipinski definition) is 0. The highest BCUT2D eigenvalue weighted by Gasteiger charge is 2.41. The van der Waals surface area contributed by atoms with Crippen LogP contribution < -0.4 is 0 Å². The third-order valence-corrected chi connectivity index (χ3v) is 4.42. The molecule has 1 saturated carbocycles. The Morgan fingerprint density at radius 3 is 2.67 bits per heavy atom. The number of halogens is 2. The van der Waals surface area contributed by atoms with Crippen molar-refractivity contribution in [2.24, 2.45) is 5.41 Å². The summed E-state index contributed by atoms with van der Waals surface area (Å²) in [5.74, 6) is 0. The van der Waals surface area contributed by atoms with Crippen LogP contribution in [0.25, 0.3) is 0 Å². The van der Waals surface area contributed by atoms with Crippen LogP contribution in [0.4, 0.5) is 0 Å². The van der Waals surface area contributed by atoms with Crippen molar-refractivity contribution in [2.45, 2.75) is 19.4 Å². The van der Waals surface area contributed by atoms with Gasteiger partial charge in [0.2, 0.25) is 0 Å². The third kappa shape index (κ3) is 2.96. The van der Waals surface area contributed by atoms with Crippen LogP contribution in [0.2, 0.25) is 5.02 Å². The van der Waals surface area contributed by atoms with Crippen LogP contribution in [0, 0.1) is 5.41 Å². The van der Waals surface area contributed by atoms with Crippen LogP contribution in [0.3, 0.4) is 0 Å². The lowest BCUT2D eigenvalue weighted by Gasteiger charge is -2.12. The highest BCUT2D eigenvalue weighted by atomic mass is 79.9. The van der Waals surface area contributed by atoms with Crippen molar-refractivity contribution in [1.82, 2.24) is 0 Å². The van der Waals surface area contributed by atoms with Crippen molar-refractivity contribution in [1.29, 1.82) is 0 Å². The monoisotopic (exact) mass is 288 g/mol. The second-order valence-electron chi connectivity index (χ2n) is 4.22. The molecule has 0 spiro atoms. The third-order valence-electron chi connectivity index (χ3n) is 2.86. The summed E-state index contributed by atoms with van der Waals surface area (Å²) in [5.41, 5.74) is 1.49. The molecule has 0 radical (unpaired) electrons. The van der Waals surface area contributed by atoms with Crippen molar-refractivity contribution < 1.29 is 4.74 Å². The Balaban J connectivity index is 1.81. The molecule has 1 fully saturated rings. The highest BCUT2D eigenvalue weighted by Crippen LogP contribution is 2.47. The van der Waals surface area contributed by atoms with Crippen LogP contribution >= 0.6 is 27.5 Å². The lowest BCUT2D eigenvalue weighted by Crippen LogP contribution is -2.11. The van der Waals surface area contributed by atoms with E-state index in [-0.39, 0.29) is 0 Å². The molecule has 0 unspecified atom stereocenters. The van der Waals surface area contributed by atoms with E-state index >= 15 is 0 Å². The van der Waals surface area contributed by atoms with Crippen LogP contribution in [-0.4, -0.2) is 11.9 Å². The Kier molecular flexibility index (Phi) is 3.70. The van der Waals surface area contributed by atoms with Crippen molar-refractivity contribution in [3.63, 3.8) is 0 Å². The normalized spacial score (nSPS) is 17.7. The van der Waals surface area contributed by atoms with Crippen LogP contribution in [0.5, 0.6) is 0 Å². The Labute approximate surface area is 104 Å². The Hall–Kier alpha value is -0.0500. The zero-order chi connectivity index (χ0) is 10.7. The molecule has 15 heavy (non-hydrogen) atoms. The van der Waals surface area contributed by atoms with Crippen LogP contribution in [-0.2, 0) is 11.3 Å². The van der Waals surface area contributed by atoms with E-state index in [4.69, 9.17) is 16.3 Å². The first-order chi connectivity index (χ1) is 7.26. The zero-order valence-electron chi connectivity index (χ0n) is 8.51. The summed E-state index contributed by atoms with van der Waals surface area (Å²) < 4.78 is 5.70. The summed E-state index contributed by atoms with van der Waals surface area (Å²) >= 11 is 9.56. The molecule has 3 heteroatoms. The Morgan fingerprint density at radius 1 is 1.33 bits per heavy atom. The van der Waals surface area contributed by atoms with Crippen molar-refractivity contribution >= 4 is 27.5 Å². The first-order valence-electron chi connectivity index (χ1n) is 5.13. The predicted octanol–water partition coefficient (Wildman–Crippen LogP) is 4.03. The van der Waals surface area contributed by atoms with Crippen molar-refractivity contribution in [3.05, 3.63) is 34.9 Å². The van der Waals surface area contributed by atoms with Gasteiger partial charge in [0, 0.05) is 15.8 Å². The number of hydrogen-bond acceptors (Lipinski definition) is 1. The van der Waals surface area contributed by atoms with E-state index in [2.05, 4.69) is 15.9 Å². The van der Waals surface area contributed by atoms with Gasteiger partial charge in [0.1, 0.15) is 0 Å². The highest BCUT2D eigenvalue weighted by molar-refractivity contribution is 9.09. The number of alkyl halides is 1. The van der Waals surface area contributed by atoms with E-state index in [0.717, 1.165) is 22.5 Å². The maximum atomic E-state index is 6.03. The topological polar surface area (TPSA) is 9.23 Å². The lowest BCUT2D eigenvalue weighted by atomic mass is 10.2. The fourth-order valence-corrected chi connectivity index (χ4v) is 2.40. The summed E-state index contributed by atoms with van der Waals surface area (Å²) in [6.45, 7) is 1.46. The molecule has 0 aliphatic heterocycles. The van der Waals surface area contributed by atoms with Gasteiger partial charge < -0.3 is 4.74 Å². The average molecular weight is 290 g/mol. The van der Waals surface area contributed by atoms with Crippen LogP contribution in [0.1, 0.15) is 18.4 Å². The molecule has 0 bridgehead atoms. The average Bonchev–Trinajstić information content (AvgIpc) is 3.02. The van der Waals surface area contributed by atoms with E-state index in [1.54, 1.807) is 0 Å². The van der Waals surface area contributed by atoms with Crippen molar-refractivity contribution in [2.75, 3.05) is 11.9 Å². The van der Waals surface area contributed by atoms with Gasteiger partial charge in [-0.25, -0.2) is 0 Å². The molecule has 0 heterocycles. The second kappa shape index (κ2) is 4.86. The van der Waals surface area contributed by atoms with Gasteiger partial charge in [-0.15, -0.1) is 0 Å². The van der Waals surface area contributed by atoms with Crippen molar-refractivity contribution in [3.8, 4) is 0 Å². The molecular weight excluding hydrogens is 275 g/mol. The summed E-state index contributed by atoms with van der Waals surface area (Å²) in [5, 5.41) is 1.84. The standard InChI is InChI=1S/C12H14BrClO/c13-8-12(5-6-12)9-15-7-10-3-1-2-4-11(10)14/h1-4H,5-9H2. The molecule has 0 atom stereocenters. The van der Waals surface area contributed by atoms with Gasteiger partial charge in [0.25, 0.3) is 0 Å². The molecule has 2 rings (SSSR count). The van der Waals surface area contributed by atoms with E-state index < -0.39 is 0 Å². The minimum Gasteiger partial charge on any atom is -0.376 e. The molecule has 0 aromatic heterocycles. The van der Waals surface area contributed by atoms with Gasteiger partial charge in [0.05, 0.1) is 13.2 Å². The van der Waals surface area contributed by atoms with E-state index in [9.17, 15) is 0 Å². The molecule has 0 amide bonds. The Morgan fingerprint density at radius 2 is 2.07 bits per heavy atom. The lowest BCUT2D eigenvalue weighted by molar-refractivity contribution is 0.0861. The maximum absolute atomic E-state index is 6.03. The Bertz CT molecular complexity index is 336. The number of benzene rings is 1. The van der Waals surface area contributed by atoms with Crippen LogP contribution in [0.15, 0.2) is 24.3 Å². The molecule has 0 saturated heterocycles. The van der Waals surface area contributed by atoms with Gasteiger partial charge in [-0.1, -0.05) is 45.7 Å². The van der Waals surface area contributed by atoms with Gasteiger partial charge in [0.15, 0.2) is 0 Å². The smallest absolute Gasteiger partial charge is 0.0731 e. The first-order valence-corrected chi connectivity index (χ1v) is 6.63. The van der Waals surface area contributed by atoms with Gasteiger partial charge in [-0.05, 0) is 24.5 Å². The molecule has 1 aliphatic carbocycles.